The predicted octanol–water partition coefficient (Wildman–Crippen LogP) is 3.76. The van der Waals surface area contributed by atoms with E-state index in [1.165, 1.54) is 0 Å². The van der Waals surface area contributed by atoms with Crippen molar-refractivity contribution < 1.29 is 10.2 Å². The first kappa shape index (κ1) is 18.1. The van der Waals surface area contributed by atoms with Crippen molar-refractivity contribution in [1.82, 2.24) is 0 Å². The van der Waals surface area contributed by atoms with Gasteiger partial charge in [-0.25, -0.2) is 0 Å². The van der Waals surface area contributed by atoms with Crippen molar-refractivity contribution in [2.24, 2.45) is 9.98 Å². The Kier molecular flexibility index (Phi) is 7.36. The highest BCUT2D eigenvalue weighted by Crippen LogP contribution is 2.15. The molecule has 0 saturated heterocycles. The van der Waals surface area contributed by atoms with Gasteiger partial charge in [0, 0.05) is 23.6 Å². The lowest BCUT2D eigenvalue weighted by Crippen LogP contribution is -2.11. The summed E-state index contributed by atoms with van der Waals surface area (Å²) < 4.78 is 0. The zero-order chi connectivity index (χ0) is 17.2. The molecule has 0 aromatic heterocycles. The van der Waals surface area contributed by atoms with E-state index in [0.29, 0.717) is 17.7 Å². The molecule has 0 bridgehead atoms. The number of thioether (sulfide) groups is 1. The number of benzene rings is 2. The normalized spacial score (nSPS) is 12.9. The molecule has 0 heterocycles. The van der Waals surface area contributed by atoms with Gasteiger partial charge in [-0.1, -0.05) is 24.3 Å². The van der Waals surface area contributed by atoms with Crippen molar-refractivity contribution >= 4 is 24.2 Å². The molecule has 0 spiro atoms. The van der Waals surface area contributed by atoms with Gasteiger partial charge in [0.15, 0.2) is 0 Å². The van der Waals surface area contributed by atoms with E-state index < -0.39 is 0 Å². The largest absolute Gasteiger partial charge is 0.507 e. The molecular weight excluding hydrogens is 320 g/mol. The Morgan fingerprint density at radius 2 is 1.54 bits per heavy atom. The predicted molar refractivity (Wildman–Crippen MR) is 103 cm³/mol. The summed E-state index contributed by atoms with van der Waals surface area (Å²) in [7, 11) is 0. The van der Waals surface area contributed by atoms with Crippen LogP contribution in [0.5, 0.6) is 11.5 Å². The summed E-state index contributed by atoms with van der Waals surface area (Å²) in [6.07, 6.45) is 6.35. The minimum atomic E-state index is 0.0409. The maximum absolute atomic E-state index is 9.80. The third kappa shape index (κ3) is 5.74. The van der Waals surface area contributed by atoms with E-state index in [1.807, 2.05) is 24.3 Å². The Labute approximate surface area is 147 Å². The summed E-state index contributed by atoms with van der Waals surface area (Å²) in [5, 5.41) is 19.5. The van der Waals surface area contributed by atoms with Crippen molar-refractivity contribution in [3.63, 3.8) is 0 Å². The Morgan fingerprint density at radius 3 is 2.12 bits per heavy atom. The van der Waals surface area contributed by atoms with Crippen LogP contribution in [0, 0.1) is 0 Å². The molecule has 2 aromatic rings. The van der Waals surface area contributed by atoms with Crippen molar-refractivity contribution in [1.29, 1.82) is 0 Å². The van der Waals surface area contributed by atoms with E-state index in [1.54, 1.807) is 48.5 Å². The highest BCUT2D eigenvalue weighted by Gasteiger charge is 2.05. The molecule has 0 fully saturated rings. The molecule has 126 valence electrons. The first-order valence-corrected chi connectivity index (χ1v) is 9.18. The molecule has 0 radical (unpaired) electrons. The van der Waals surface area contributed by atoms with Crippen LogP contribution in [0.1, 0.15) is 17.5 Å². The van der Waals surface area contributed by atoms with Crippen molar-refractivity contribution in [3.05, 3.63) is 59.7 Å². The van der Waals surface area contributed by atoms with Gasteiger partial charge in [-0.3, -0.25) is 9.98 Å². The first-order valence-electron chi connectivity index (χ1n) is 7.78. The number of hydrogen-bond acceptors (Lipinski definition) is 5. The van der Waals surface area contributed by atoms with Crippen LogP contribution in [0.15, 0.2) is 58.5 Å². The van der Waals surface area contributed by atoms with Gasteiger partial charge in [0.2, 0.25) is 0 Å². The third-order valence-electron chi connectivity index (χ3n) is 3.50. The lowest BCUT2D eigenvalue weighted by Gasteiger charge is -2.09. The highest BCUT2D eigenvalue weighted by molar-refractivity contribution is 7.98. The van der Waals surface area contributed by atoms with Gasteiger partial charge in [0.1, 0.15) is 11.5 Å². The molecule has 0 saturated carbocycles. The standard InChI is InChI=1S/C19H22N2O2S/c1-24-11-10-17(21-13-16-7-3-5-9-19(16)23)14-20-12-15-6-2-4-8-18(15)22/h2-9,12-13,17,22-23H,10-11,14H2,1H3/t17-/m1/s1. The van der Waals surface area contributed by atoms with Crippen LogP contribution >= 0.6 is 11.8 Å². The van der Waals surface area contributed by atoms with E-state index in [2.05, 4.69) is 16.2 Å². The molecule has 4 nitrogen and oxygen atoms in total. The summed E-state index contributed by atoms with van der Waals surface area (Å²) in [5.41, 5.74) is 1.40. The van der Waals surface area contributed by atoms with Gasteiger partial charge >= 0.3 is 0 Å². The average molecular weight is 342 g/mol. The fourth-order valence-electron chi connectivity index (χ4n) is 2.12. The van der Waals surface area contributed by atoms with Gasteiger partial charge in [-0.15, -0.1) is 0 Å². The molecule has 24 heavy (non-hydrogen) atoms. The molecule has 5 heteroatoms. The van der Waals surface area contributed by atoms with Crippen LogP contribution in [-0.2, 0) is 0 Å². The second-order valence-corrected chi connectivity index (χ2v) is 6.31. The first-order chi connectivity index (χ1) is 11.7. The van der Waals surface area contributed by atoms with E-state index in [4.69, 9.17) is 0 Å². The minimum absolute atomic E-state index is 0.0409. The zero-order valence-corrected chi connectivity index (χ0v) is 14.5. The third-order valence-corrected chi connectivity index (χ3v) is 4.14. The van der Waals surface area contributed by atoms with Crippen molar-refractivity contribution in [3.8, 4) is 11.5 Å². The maximum atomic E-state index is 9.80. The lowest BCUT2D eigenvalue weighted by atomic mass is 10.2. The fourth-order valence-corrected chi connectivity index (χ4v) is 2.63. The fraction of sp³-hybridized carbons (Fsp3) is 0.263. The SMILES string of the molecule is CSCC[C@H](CN=Cc1ccccc1O)N=Cc1ccccc1O. The van der Waals surface area contributed by atoms with Crippen LogP contribution < -0.4 is 0 Å². The Bertz CT molecular complexity index is 701. The molecule has 0 unspecified atom stereocenters. The van der Waals surface area contributed by atoms with Crippen LogP contribution in [0.2, 0.25) is 0 Å². The number of phenolic OH excluding ortho intramolecular Hbond substituents is 2. The number of hydrogen-bond donors (Lipinski definition) is 2. The molecule has 0 aliphatic rings. The van der Waals surface area contributed by atoms with E-state index in [-0.39, 0.29) is 17.5 Å². The summed E-state index contributed by atoms with van der Waals surface area (Å²) in [6, 6.07) is 14.3. The number of nitrogens with zero attached hydrogens (tertiary/aromatic N) is 2. The number of aliphatic imine (C=N–C) groups is 2. The number of rotatable bonds is 8. The second-order valence-electron chi connectivity index (χ2n) is 5.33. The molecule has 0 aliphatic carbocycles. The molecule has 1 atom stereocenters. The lowest BCUT2D eigenvalue weighted by molar-refractivity contribution is 0.474. The smallest absolute Gasteiger partial charge is 0.124 e. The van der Waals surface area contributed by atoms with Crippen LogP contribution in [-0.4, -0.2) is 47.2 Å². The molecule has 2 N–H and O–H groups in total. The molecule has 0 aliphatic heterocycles. The summed E-state index contributed by atoms with van der Waals surface area (Å²) in [4.78, 5) is 8.99. The van der Waals surface area contributed by atoms with Crippen LogP contribution in [0.4, 0.5) is 0 Å². The summed E-state index contributed by atoms with van der Waals surface area (Å²) in [5.74, 6) is 1.44. The van der Waals surface area contributed by atoms with Crippen LogP contribution in [0.25, 0.3) is 0 Å². The van der Waals surface area contributed by atoms with E-state index in [9.17, 15) is 10.2 Å². The maximum Gasteiger partial charge on any atom is 0.124 e. The quantitative estimate of drug-likeness (QED) is 0.718. The van der Waals surface area contributed by atoms with Crippen molar-refractivity contribution in [2.45, 2.75) is 12.5 Å². The summed E-state index contributed by atoms with van der Waals surface area (Å²) in [6.45, 7) is 0.541. The van der Waals surface area contributed by atoms with Gasteiger partial charge < -0.3 is 10.2 Å². The average Bonchev–Trinajstić information content (AvgIpc) is 2.59. The highest BCUT2D eigenvalue weighted by atomic mass is 32.2. The van der Waals surface area contributed by atoms with E-state index in [0.717, 1.165) is 12.2 Å². The second kappa shape index (κ2) is 9.78. The van der Waals surface area contributed by atoms with Gasteiger partial charge in [0.25, 0.3) is 0 Å². The van der Waals surface area contributed by atoms with E-state index >= 15 is 0 Å². The zero-order valence-electron chi connectivity index (χ0n) is 13.7. The topological polar surface area (TPSA) is 65.2 Å². The molecule has 2 aromatic carbocycles. The number of para-hydroxylation sites is 2. The molecule has 2 rings (SSSR count). The Morgan fingerprint density at radius 1 is 0.958 bits per heavy atom. The Balaban J connectivity index is 2.03. The number of aromatic hydroxyl groups is 2. The Hall–Kier alpha value is -2.27. The van der Waals surface area contributed by atoms with Gasteiger partial charge in [-0.2, -0.15) is 11.8 Å². The molecule has 0 amide bonds. The van der Waals surface area contributed by atoms with Crippen molar-refractivity contribution in [2.75, 3.05) is 18.6 Å². The monoisotopic (exact) mass is 342 g/mol. The van der Waals surface area contributed by atoms with Gasteiger partial charge in [-0.05, 0) is 42.7 Å². The number of phenols is 2. The minimum Gasteiger partial charge on any atom is -0.507 e. The van der Waals surface area contributed by atoms with Gasteiger partial charge in [0.05, 0.1) is 12.6 Å². The molecular formula is C19H22N2O2S. The summed E-state index contributed by atoms with van der Waals surface area (Å²) >= 11 is 1.77. The van der Waals surface area contributed by atoms with Crippen LogP contribution in [0.3, 0.4) is 0 Å².